The van der Waals surface area contributed by atoms with Crippen molar-refractivity contribution >= 4 is 23.8 Å². The van der Waals surface area contributed by atoms with E-state index in [0.29, 0.717) is 6.61 Å². The Labute approximate surface area is 146 Å². The number of nitrogens with one attached hydrogen (secondary N) is 1. The van der Waals surface area contributed by atoms with Gasteiger partial charge in [0.15, 0.2) is 5.92 Å². The third-order valence-corrected chi connectivity index (χ3v) is 3.40. The lowest BCUT2D eigenvalue weighted by atomic mass is 9.87. The number of methoxy groups -OCH3 is 4. The number of hydrogen-bond acceptors (Lipinski definition) is 9. The first-order valence-corrected chi connectivity index (χ1v) is 7.43. The highest BCUT2D eigenvalue weighted by Crippen LogP contribution is 2.20. The molecule has 10 heteroatoms. The molecule has 0 aliphatic carbocycles. The Morgan fingerprint density at radius 3 is 1.80 bits per heavy atom. The molecule has 0 unspecified atom stereocenters. The molecular formula is C15H25NO9. The van der Waals surface area contributed by atoms with Gasteiger partial charge in [0.2, 0.25) is 5.91 Å². The van der Waals surface area contributed by atoms with Gasteiger partial charge in [0, 0.05) is 13.0 Å². The van der Waals surface area contributed by atoms with Crippen LogP contribution in [0.3, 0.4) is 0 Å². The largest absolute Gasteiger partial charge is 0.468 e. The van der Waals surface area contributed by atoms with E-state index in [4.69, 9.17) is 9.47 Å². The fourth-order valence-electron chi connectivity index (χ4n) is 2.03. The van der Waals surface area contributed by atoms with Crippen molar-refractivity contribution in [1.82, 2.24) is 5.32 Å². The molecule has 0 bridgehead atoms. The maximum absolute atomic E-state index is 12.0. The summed E-state index contributed by atoms with van der Waals surface area (Å²) in [6.45, 7) is 1.59. The Hall–Kier alpha value is -2.20. The highest BCUT2D eigenvalue weighted by atomic mass is 16.5. The molecule has 1 amide bonds. The molecule has 0 rings (SSSR count). The molecule has 0 fully saturated rings. The molecule has 0 spiro atoms. The zero-order valence-corrected chi connectivity index (χ0v) is 15.0. The monoisotopic (exact) mass is 363 g/mol. The zero-order valence-electron chi connectivity index (χ0n) is 15.0. The van der Waals surface area contributed by atoms with Crippen LogP contribution in [0.1, 0.15) is 6.92 Å². The van der Waals surface area contributed by atoms with Crippen LogP contribution in [-0.4, -0.2) is 78.1 Å². The average Bonchev–Trinajstić information content (AvgIpc) is 2.62. The molecule has 0 radical (unpaired) electrons. The lowest BCUT2D eigenvalue weighted by Crippen LogP contribution is -2.51. The molecule has 0 aromatic carbocycles. The first-order valence-electron chi connectivity index (χ1n) is 7.43. The topological polar surface area (TPSA) is 126 Å². The van der Waals surface area contributed by atoms with Gasteiger partial charge >= 0.3 is 17.9 Å². The molecule has 1 N–H and O–H groups in total. The number of rotatable bonds is 11. The van der Waals surface area contributed by atoms with Crippen molar-refractivity contribution in [3.63, 3.8) is 0 Å². The summed E-state index contributed by atoms with van der Waals surface area (Å²) in [6.07, 6.45) is 0. The lowest BCUT2D eigenvalue weighted by molar-refractivity contribution is -0.163. The standard InChI is InChI=1S/C15H25NO9/c1-9(11(13(18)22-3)14(19)23-4)12(15(20)24-5)16-10(17)8-25-7-6-21-2/h9,11-12H,6-8H2,1-5H3,(H,16,17)/t9-,12-/m1/s1. The van der Waals surface area contributed by atoms with Gasteiger partial charge in [-0.1, -0.05) is 6.92 Å². The van der Waals surface area contributed by atoms with Gasteiger partial charge in [-0.05, 0) is 0 Å². The number of amides is 1. The molecule has 0 aliphatic heterocycles. The van der Waals surface area contributed by atoms with E-state index >= 15 is 0 Å². The number of esters is 3. The Morgan fingerprint density at radius 2 is 1.36 bits per heavy atom. The van der Waals surface area contributed by atoms with Crippen LogP contribution in [0.15, 0.2) is 0 Å². The summed E-state index contributed by atoms with van der Waals surface area (Å²) in [4.78, 5) is 47.7. The molecule has 0 aromatic heterocycles. The van der Waals surface area contributed by atoms with Gasteiger partial charge in [-0.2, -0.15) is 0 Å². The quantitative estimate of drug-likeness (QED) is 0.211. The summed E-state index contributed by atoms with van der Waals surface area (Å²) in [7, 11) is 4.80. The Balaban J connectivity index is 5.15. The van der Waals surface area contributed by atoms with Crippen LogP contribution in [-0.2, 0) is 42.9 Å². The van der Waals surface area contributed by atoms with Gasteiger partial charge in [0.05, 0.1) is 34.5 Å². The van der Waals surface area contributed by atoms with E-state index in [1.165, 1.54) is 14.0 Å². The first kappa shape index (κ1) is 22.8. The lowest BCUT2D eigenvalue weighted by Gasteiger charge is -2.27. The van der Waals surface area contributed by atoms with Gasteiger partial charge in [-0.3, -0.25) is 14.4 Å². The van der Waals surface area contributed by atoms with Crippen LogP contribution in [0.2, 0.25) is 0 Å². The van der Waals surface area contributed by atoms with Gasteiger partial charge in [-0.25, -0.2) is 4.79 Å². The first-order chi connectivity index (χ1) is 11.8. The van der Waals surface area contributed by atoms with E-state index in [9.17, 15) is 19.2 Å². The van der Waals surface area contributed by atoms with Gasteiger partial charge in [0.1, 0.15) is 12.6 Å². The predicted octanol–water partition coefficient (Wildman–Crippen LogP) is -1.09. The van der Waals surface area contributed by atoms with Crippen LogP contribution in [0.5, 0.6) is 0 Å². The third-order valence-electron chi connectivity index (χ3n) is 3.40. The van der Waals surface area contributed by atoms with Gasteiger partial charge in [0.25, 0.3) is 0 Å². The van der Waals surface area contributed by atoms with Crippen molar-refractivity contribution in [2.45, 2.75) is 13.0 Å². The number of carbonyl (C=O) groups is 4. The molecule has 10 nitrogen and oxygen atoms in total. The molecule has 0 heterocycles. The minimum Gasteiger partial charge on any atom is -0.468 e. The fourth-order valence-corrected chi connectivity index (χ4v) is 2.03. The molecule has 0 saturated carbocycles. The molecule has 144 valence electrons. The maximum atomic E-state index is 12.0. The predicted molar refractivity (Wildman–Crippen MR) is 83.3 cm³/mol. The molecule has 2 atom stereocenters. The minimum absolute atomic E-state index is 0.190. The van der Waals surface area contributed by atoms with Crippen LogP contribution < -0.4 is 5.32 Å². The van der Waals surface area contributed by atoms with Crippen molar-refractivity contribution in [3.05, 3.63) is 0 Å². The van der Waals surface area contributed by atoms with E-state index in [1.807, 2.05) is 0 Å². The van der Waals surface area contributed by atoms with E-state index in [2.05, 4.69) is 19.5 Å². The normalized spacial score (nSPS) is 12.9. The summed E-state index contributed by atoms with van der Waals surface area (Å²) in [6, 6.07) is -1.27. The molecule has 0 saturated heterocycles. The second kappa shape index (κ2) is 12.2. The van der Waals surface area contributed by atoms with Crippen molar-refractivity contribution in [3.8, 4) is 0 Å². The Bertz CT molecular complexity index is 450. The second-order valence-electron chi connectivity index (χ2n) is 5.00. The maximum Gasteiger partial charge on any atom is 0.328 e. The van der Waals surface area contributed by atoms with Crippen LogP contribution in [0, 0.1) is 11.8 Å². The summed E-state index contributed by atoms with van der Waals surface area (Å²) in [5.41, 5.74) is 0. The zero-order chi connectivity index (χ0) is 19.4. The summed E-state index contributed by atoms with van der Waals surface area (Å²) in [5.74, 6) is -5.61. The average molecular weight is 363 g/mol. The molecular weight excluding hydrogens is 338 g/mol. The molecule has 0 aromatic rings. The fraction of sp³-hybridized carbons (Fsp3) is 0.733. The van der Waals surface area contributed by atoms with Crippen molar-refractivity contribution in [2.75, 3.05) is 48.3 Å². The smallest absolute Gasteiger partial charge is 0.328 e. The SMILES string of the molecule is COCCOCC(=O)N[C@@H](C(=O)OC)[C@H](C)C(C(=O)OC)C(=O)OC. The molecule has 0 aliphatic rings. The number of ether oxygens (including phenoxy) is 5. The van der Waals surface area contributed by atoms with Gasteiger partial charge < -0.3 is 29.0 Å². The third kappa shape index (κ3) is 7.48. The van der Waals surface area contributed by atoms with Crippen LogP contribution in [0.25, 0.3) is 0 Å². The van der Waals surface area contributed by atoms with E-state index in [0.717, 1.165) is 21.3 Å². The van der Waals surface area contributed by atoms with Gasteiger partial charge in [-0.15, -0.1) is 0 Å². The van der Waals surface area contributed by atoms with Crippen LogP contribution >= 0.6 is 0 Å². The minimum atomic E-state index is -1.41. The molecule has 25 heavy (non-hydrogen) atoms. The van der Waals surface area contributed by atoms with E-state index in [-0.39, 0.29) is 13.2 Å². The highest BCUT2D eigenvalue weighted by Gasteiger charge is 2.42. The van der Waals surface area contributed by atoms with Crippen molar-refractivity contribution < 1.29 is 42.9 Å². The van der Waals surface area contributed by atoms with Crippen molar-refractivity contribution in [1.29, 1.82) is 0 Å². The summed E-state index contributed by atoms with van der Waals surface area (Å²) < 4.78 is 23.6. The number of hydrogen-bond donors (Lipinski definition) is 1. The van der Waals surface area contributed by atoms with Crippen LogP contribution in [0.4, 0.5) is 0 Å². The second-order valence-corrected chi connectivity index (χ2v) is 5.00. The van der Waals surface area contributed by atoms with Crippen molar-refractivity contribution in [2.24, 2.45) is 11.8 Å². The Kier molecular flexibility index (Phi) is 11.1. The van der Waals surface area contributed by atoms with E-state index in [1.54, 1.807) is 0 Å². The number of carbonyl (C=O) groups excluding carboxylic acids is 4. The summed E-state index contributed by atoms with van der Waals surface area (Å²) >= 11 is 0. The van der Waals surface area contributed by atoms with E-state index < -0.39 is 41.7 Å². The highest BCUT2D eigenvalue weighted by molar-refractivity contribution is 5.96. The Morgan fingerprint density at radius 1 is 0.840 bits per heavy atom. The summed E-state index contributed by atoms with van der Waals surface area (Å²) in [5, 5.41) is 2.39.